The van der Waals surface area contributed by atoms with E-state index in [1.807, 2.05) is 35.7 Å². The van der Waals surface area contributed by atoms with Crippen molar-refractivity contribution in [2.45, 2.75) is 0 Å². The number of fused-ring (bicyclic) bond motifs is 1. The van der Waals surface area contributed by atoms with Crippen molar-refractivity contribution in [3.8, 4) is 17.0 Å². The number of anilines is 1. The molecule has 0 aliphatic heterocycles. The van der Waals surface area contributed by atoms with Crippen molar-refractivity contribution in [2.24, 2.45) is 0 Å². The topological polar surface area (TPSA) is 77.5 Å². The summed E-state index contributed by atoms with van der Waals surface area (Å²) in [5.41, 5.74) is 1.72. The second kappa shape index (κ2) is 8.83. The molecule has 0 saturated carbocycles. The minimum atomic E-state index is -0.653. The molecule has 0 aliphatic carbocycles. The molecule has 1 N–H and O–H groups in total. The van der Waals surface area contributed by atoms with Gasteiger partial charge < -0.3 is 9.47 Å². The Kier molecular flexibility index (Phi) is 5.98. The van der Waals surface area contributed by atoms with Crippen LogP contribution in [0.5, 0.6) is 5.75 Å². The molecule has 1 amide bonds. The standard InChI is InChI=1S/C21H15ClN2O4S2/c1-27-13-7-8-14-16(9-13)30-19(18(14)22)20(26)28-10-17(25)24-21-23-15(11-29-21)12-5-3-2-4-6-12/h2-9,11H,10H2,1H3,(H,23,24,25). The Morgan fingerprint density at radius 2 is 1.97 bits per heavy atom. The van der Waals surface area contributed by atoms with Gasteiger partial charge in [0.05, 0.1) is 17.8 Å². The molecule has 0 saturated heterocycles. The third-order valence-electron chi connectivity index (χ3n) is 4.18. The number of hydrogen-bond donors (Lipinski definition) is 1. The molecule has 0 bridgehead atoms. The minimum Gasteiger partial charge on any atom is -0.497 e. The van der Waals surface area contributed by atoms with E-state index in [1.165, 1.54) is 22.7 Å². The first-order valence-corrected chi connectivity index (χ1v) is 10.9. The van der Waals surface area contributed by atoms with Crippen LogP contribution in [-0.2, 0) is 9.53 Å². The molecule has 2 aromatic heterocycles. The summed E-state index contributed by atoms with van der Waals surface area (Å²) in [5, 5.41) is 5.95. The van der Waals surface area contributed by atoms with E-state index in [2.05, 4.69) is 10.3 Å². The zero-order valence-corrected chi connectivity index (χ0v) is 18.1. The first-order chi connectivity index (χ1) is 14.5. The summed E-state index contributed by atoms with van der Waals surface area (Å²) in [7, 11) is 1.56. The normalized spacial score (nSPS) is 10.7. The van der Waals surface area contributed by atoms with Crippen LogP contribution in [-0.4, -0.2) is 30.6 Å². The molecule has 0 atom stereocenters. The number of esters is 1. The molecule has 2 heterocycles. The van der Waals surface area contributed by atoms with Gasteiger partial charge in [-0.3, -0.25) is 10.1 Å². The zero-order valence-electron chi connectivity index (χ0n) is 15.7. The Labute approximate surface area is 185 Å². The van der Waals surface area contributed by atoms with Gasteiger partial charge in [-0.1, -0.05) is 41.9 Å². The number of nitrogens with one attached hydrogen (secondary N) is 1. The van der Waals surface area contributed by atoms with E-state index < -0.39 is 18.5 Å². The number of carbonyl (C=O) groups excluding carboxylic acids is 2. The summed E-state index contributed by atoms with van der Waals surface area (Å²) >= 11 is 8.80. The number of benzene rings is 2. The summed E-state index contributed by atoms with van der Waals surface area (Å²) < 4.78 is 11.1. The van der Waals surface area contributed by atoms with Crippen LogP contribution < -0.4 is 10.1 Å². The predicted octanol–water partition coefficient (Wildman–Crippen LogP) is 5.48. The van der Waals surface area contributed by atoms with E-state index >= 15 is 0 Å². The van der Waals surface area contributed by atoms with Crippen LogP contribution in [0.2, 0.25) is 5.02 Å². The quantitative estimate of drug-likeness (QED) is 0.387. The van der Waals surface area contributed by atoms with Gasteiger partial charge in [0.2, 0.25) is 0 Å². The zero-order chi connectivity index (χ0) is 21.1. The molecule has 0 spiro atoms. The van der Waals surface area contributed by atoms with Crippen LogP contribution in [0.4, 0.5) is 5.13 Å². The molecule has 2 aromatic carbocycles. The molecule has 0 radical (unpaired) electrons. The van der Waals surface area contributed by atoms with E-state index in [4.69, 9.17) is 21.1 Å². The molecule has 6 nitrogen and oxygen atoms in total. The van der Waals surface area contributed by atoms with Crippen molar-refractivity contribution in [3.63, 3.8) is 0 Å². The highest BCUT2D eigenvalue weighted by Gasteiger charge is 2.20. The number of aromatic nitrogens is 1. The van der Waals surface area contributed by atoms with Gasteiger partial charge in [-0.2, -0.15) is 0 Å². The maximum Gasteiger partial charge on any atom is 0.350 e. The van der Waals surface area contributed by atoms with Crippen LogP contribution in [0.25, 0.3) is 21.3 Å². The lowest BCUT2D eigenvalue weighted by Crippen LogP contribution is -2.20. The first-order valence-electron chi connectivity index (χ1n) is 8.79. The Bertz CT molecular complexity index is 1220. The predicted molar refractivity (Wildman–Crippen MR) is 120 cm³/mol. The molecule has 30 heavy (non-hydrogen) atoms. The fourth-order valence-corrected chi connectivity index (χ4v) is 4.89. The summed E-state index contributed by atoms with van der Waals surface area (Å²) in [6.45, 7) is -0.438. The van der Waals surface area contributed by atoms with Crippen LogP contribution in [0.15, 0.2) is 53.9 Å². The minimum absolute atomic E-state index is 0.244. The van der Waals surface area contributed by atoms with Gasteiger partial charge in [-0.25, -0.2) is 9.78 Å². The van der Waals surface area contributed by atoms with E-state index in [9.17, 15) is 9.59 Å². The number of nitrogens with zero attached hydrogens (tertiary/aromatic N) is 1. The Morgan fingerprint density at radius 3 is 2.73 bits per heavy atom. The van der Waals surface area contributed by atoms with Gasteiger partial charge in [-0.05, 0) is 18.2 Å². The second-order valence-electron chi connectivity index (χ2n) is 6.14. The molecule has 152 valence electrons. The number of rotatable bonds is 6. The van der Waals surface area contributed by atoms with Crippen LogP contribution in [0.1, 0.15) is 9.67 Å². The van der Waals surface area contributed by atoms with Crippen LogP contribution >= 0.6 is 34.3 Å². The fourth-order valence-electron chi connectivity index (χ4n) is 2.73. The molecular formula is C21H15ClN2O4S2. The number of hydrogen-bond acceptors (Lipinski definition) is 7. The van der Waals surface area contributed by atoms with E-state index in [1.54, 1.807) is 25.3 Å². The van der Waals surface area contributed by atoms with Crippen molar-refractivity contribution in [3.05, 3.63) is 63.8 Å². The van der Waals surface area contributed by atoms with Crippen molar-refractivity contribution in [1.82, 2.24) is 4.98 Å². The lowest BCUT2D eigenvalue weighted by atomic mass is 10.2. The monoisotopic (exact) mass is 458 g/mol. The van der Waals surface area contributed by atoms with E-state index in [0.717, 1.165) is 21.3 Å². The van der Waals surface area contributed by atoms with Crippen molar-refractivity contribution >= 4 is 61.4 Å². The summed E-state index contributed by atoms with van der Waals surface area (Å²) in [6, 6.07) is 15.0. The first kappa shape index (κ1) is 20.3. The summed E-state index contributed by atoms with van der Waals surface area (Å²) in [6.07, 6.45) is 0. The average molecular weight is 459 g/mol. The third-order valence-corrected chi connectivity index (χ3v) is 6.57. The number of methoxy groups -OCH3 is 1. The third kappa shape index (κ3) is 4.30. The number of thiophene rings is 1. The Balaban J connectivity index is 1.38. The maximum atomic E-state index is 12.4. The second-order valence-corrected chi connectivity index (χ2v) is 8.42. The lowest BCUT2D eigenvalue weighted by Gasteiger charge is -2.03. The Hall–Kier alpha value is -2.94. The average Bonchev–Trinajstić information content (AvgIpc) is 3.37. The lowest BCUT2D eigenvalue weighted by molar-refractivity contribution is -0.119. The number of halogens is 1. The highest BCUT2D eigenvalue weighted by molar-refractivity contribution is 7.21. The van der Waals surface area contributed by atoms with Gasteiger partial charge >= 0.3 is 5.97 Å². The van der Waals surface area contributed by atoms with Crippen molar-refractivity contribution < 1.29 is 19.1 Å². The van der Waals surface area contributed by atoms with Gasteiger partial charge in [0.25, 0.3) is 5.91 Å². The molecule has 9 heteroatoms. The molecule has 0 fully saturated rings. The highest BCUT2D eigenvalue weighted by Crippen LogP contribution is 2.37. The highest BCUT2D eigenvalue weighted by atomic mass is 35.5. The SMILES string of the molecule is COc1ccc2c(Cl)c(C(=O)OCC(=O)Nc3nc(-c4ccccc4)cs3)sc2c1. The molecule has 4 aromatic rings. The smallest absolute Gasteiger partial charge is 0.350 e. The van der Waals surface area contributed by atoms with Gasteiger partial charge in [0.1, 0.15) is 10.6 Å². The van der Waals surface area contributed by atoms with Crippen LogP contribution in [0.3, 0.4) is 0 Å². The number of ether oxygens (including phenoxy) is 2. The maximum absolute atomic E-state index is 12.4. The van der Waals surface area contributed by atoms with E-state index in [-0.39, 0.29) is 4.88 Å². The number of carbonyl (C=O) groups is 2. The van der Waals surface area contributed by atoms with Gasteiger partial charge in [-0.15, -0.1) is 22.7 Å². The number of thiazole rings is 1. The largest absolute Gasteiger partial charge is 0.497 e. The molecule has 0 unspecified atom stereocenters. The number of amides is 1. The fraction of sp³-hybridized carbons (Fsp3) is 0.0952. The molecule has 4 rings (SSSR count). The van der Waals surface area contributed by atoms with Crippen molar-refractivity contribution in [1.29, 1.82) is 0 Å². The van der Waals surface area contributed by atoms with Crippen molar-refractivity contribution in [2.75, 3.05) is 19.0 Å². The summed E-state index contributed by atoms with van der Waals surface area (Å²) in [4.78, 5) is 29.2. The van der Waals surface area contributed by atoms with Crippen LogP contribution in [0, 0.1) is 0 Å². The summed E-state index contributed by atoms with van der Waals surface area (Å²) in [5.74, 6) is -0.464. The molecule has 0 aliphatic rings. The van der Waals surface area contributed by atoms with Gasteiger partial charge in [0, 0.05) is 21.0 Å². The van der Waals surface area contributed by atoms with E-state index in [0.29, 0.717) is 15.9 Å². The Morgan fingerprint density at radius 1 is 1.17 bits per heavy atom. The molecular weight excluding hydrogens is 444 g/mol. The van der Waals surface area contributed by atoms with Gasteiger partial charge in [0.15, 0.2) is 11.7 Å².